The van der Waals surface area contributed by atoms with Crippen molar-refractivity contribution in [1.29, 1.82) is 0 Å². The summed E-state index contributed by atoms with van der Waals surface area (Å²) in [5, 5.41) is 8.65. The van der Waals surface area contributed by atoms with E-state index in [9.17, 15) is 24.0 Å². The summed E-state index contributed by atoms with van der Waals surface area (Å²) in [6.07, 6.45) is 0.973. The summed E-state index contributed by atoms with van der Waals surface area (Å²) in [7, 11) is 0. The van der Waals surface area contributed by atoms with Gasteiger partial charge in [-0.25, -0.2) is 0 Å². The molecule has 188 valence electrons. The fraction of sp³-hybridized carbons (Fsp3) is 0.783. The van der Waals surface area contributed by atoms with Crippen molar-refractivity contribution < 1.29 is 29.1 Å². The van der Waals surface area contributed by atoms with Crippen LogP contribution in [-0.2, 0) is 24.0 Å². The van der Waals surface area contributed by atoms with Gasteiger partial charge < -0.3 is 9.90 Å². The molecule has 0 spiro atoms. The third-order valence-electron chi connectivity index (χ3n) is 2.52. The Labute approximate surface area is 191 Å². The van der Waals surface area contributed by atoms with Crippen molar-refractivity contribution in [3.05, 3.63) is 0 Å². The number of carbonyl (C=O) groups excluding carboxylic acids is 5. The van der Waals surface area contributed by atoms with E-state index >= 15 is 0 Å². The second-order valence-electron chi connectivity index (χ2n) is 6.56. The number of aliphatic hydroxyl groups excluding tert-OH is 1. The van der Waals surface area contributed by atoms with Crippen molar-refractivity contribution in [2.75, 3.05) is 39.5 Å². The van der Waals surface area contributed by atoms with Gasteiger partial charge in [0, 0.05) is 0 Å². The van der Waals surface area contributed by atoms with Crippen LogP contribution in [-0.4, -0.2) is 83.3 Å². The Bertz CT molecular complexity index is 443. The molecule has 0 saturated carbocycles. The van der Waals surface area contributed by atoms with Crippen molar-refractivity contribution in [1.82, 2.24) is 9.80 Å². The number of rotatable bonds is 11. The zero-order valence-corrected chi connectivity index (χ0v) is 19.8. The van der Waals surface area contributed by atoms with Crippen LogP contribution in [0.1, 0.15) is 83.6 Å². The Kier molecular flexibility index (Phi) is 42.4. The number of Topliss-reactive ketones (excluding diaryl/α,β-unsaturated/α-hetero) is 5. The minimum atomic E-state index is -0.251. The van der Waals surface area contributed by atoms with Gasteiger partial charge >= 0.3 is 0 Å². The van der Waals surface area contributed by atoms with Crippen LogP contribution in [0.25, 0.3) is 0 Å². The topological polar surface area (TPSA) is 112 Å². The molecular weight excluding hydrogens is 400 g/mol. The van der Waals surface area contributed by atoms with E-state index in [1.54, 1.807) is 13.8 Å². The minimum absolute atomic E-state index is 0. The van der Waals surface area contributed by atoms with Gasteiger partial charge in [0.2, 0.25) is 0 Å². The van der Waals surface area contributed by atoms with Gasteiger partial charge in [-0.3, -0.25) is 29.0 Å². The van der Waals surface area contributed by atoms with Crippen LogP contribution >= 0.6 is 0 Å². The molecule has 0 aliphatic rings. The average Bonchev–Trinajstić information content (AvgIpc) is 2.54. The fourth-order valence-electron chi connectivity index (χ4n) is 1.95. The van der Waals surface area contributed by atoms with E-state index < -0.39 is 0 Å². The molecule has 0 aliphatic heterocycles. The lowest BCUT2D eigenvalue weighted by atomic mass is 10.3. The van der Waals surface area contributed by atoms with Crippen LogP contribution in [0.3, 0.4) is 0 Å². The molecular formula is C23H50N2O6. The van der Waals surface area contributed by atoms with E-state index in [2.05, 4.69) is 0 Å². The number of nitrogens with zero attached hydrogens (tertiary/aromatic N) is 2. The third kappa shape index (κ3) is 52.5. The molecule has 0 radical (unpaired) electrons. The van der Waals surface area contributed by atoms with Crippen LogP contribution in [0.15, 0.2) is 0 Å². The van der Waals surface area contributed by atoms with Gasteiger partial charge in [-0.1, -0.05) is 35.6 Å². The molecule has 0 saturated heterocycles. The molecule has 0 aromatic carbocycles. The van der Waals surface area contributed by atoms with E-state index in [1.807, 2.05) is 25.7 Å². The Morgan fingerprint density at radius 2 is 0.839 bits per heavy atom. The first-order chi connectivity index (χ1) is 13.3. The minimum Gasteiger partial charge on any atom is -0.381 e. The summed E-state index contributed by atoms with van der Waals surface area (Å²) in [5.41, 5.74) is 0. The van der Waals surface area contributed by atoms with E-state index in [4.69, 9.17) is 5.11 Å². The van der Waals surface area contributed by atoms with Crippen molar-refractivity contribution in [2.45, 2.75) is 83.6 Å². The van der Waals surface area contributed by atoms with Crippen molar-refractivity contribution in [3.63, 3.8) is 0 Å². The standard InChI is InChI=1S/C9H17NO2.C7H13NO3.C3H6O.C2H6.2CH4/c1-4-5-10(6-8(2)11)7-9(3)12;1-6(10)3-8(5-9)4-7(2)11;1-3(2)4;1-2;;/h4-7H2,1-3H3;9H,3-5H2,1-2H3;1-2H3;1-2H3;2*1H4. The maximum atomic E-state index is 10.8. The number of ketones is 5. The predicted octanol–water partition coefficient (Wildman–Crippen LogP) is 3.19. The van der Waals surface area contributed by atoms with Gasteiger partial charge in [-0.2, -0.15) is 0 Å². The Morgan fingerprint density at radius 1 is 0.613 bits per heavy atom. The van der Waals surface area contributed by atoms with Crippen LogP contribution in [0, 0.1) is 0 Å². The van der Waals surface area contributed by atoms with Gasteiger partial charge in [0.05, 0.1) is 32.9 Å². The molecule has 0 bridgehead atoms. The number of hydrogen-bond acceptors (Lipinski definition) is 8. The molecule has 8 heteroatoms. The zero-order chi connectivity index (χ0) is 24.0. The fourth-order valence-corrected chi connectivity index (χ4v) is 1.95. The number of carbonyl (C=O) groups is 5. The van der Waals surface area contributed by atoms with Gasteiger partial charge in [0.25, 0.3) is 0 Å². The first kappa shape index (κ1) is 43.2. The highest BCUT2D eigenvalue weighted by Crippen LogP contribution is 1.92. The summed E-state index contributed by atoms with van der Waals surface area (Å²) in [5.74, 6) is 0.287. The van der Waals surface area contributed by atoms with Gasteiger partial charge in [0.1, 0.15) is 28.9 Å². The molecule has 0 heterocycles. The molecule has 31 heavy (non-hydrogen) atoms. The summed E-state index contributed by atoms with van der Waals surface area (Å²) >= 11 is 0. The maximum absolute atomic E-state index is 10.8. The van der Waals surface area contributed by atoms with Crippen molar-refractivity contribution >= 4 is 28.9 Å². The van der Waals surface area contributed by atoms with Crippen LogP contribution in [0.5, 0.6) is 0 Å². The first-order valence-electron chi connectivity index (χ1n) is 9.86. The lowest BCUT2D eigenvalue weighted by Gasteiger charge is -2.17. The summed E-state index contributed by atoms with van der Waals surface area (Å²) in [6, 6.07) is 0. The van der Waals surface area contributed by atoms with E-state index in [0.29, 0.717) is 13.1 Å². The summed E-state index contributed by atoms with van der Waals surface area (Å²) in [4.78, 5) is 55.3. The smallest absolute Gasteiger partial charge is 0.143 e. The van der Waals surface area contributed by atoms with E-state index in [-0.39, 0.29) is 63.6 Å². The molecule has 0 amide bonds. The van der Waals surface area contributed by atoms with Crippen LogP contribution in [0.2, 0.25) is 0 Å². The molecule has 0 unspecified atom stereocenters. The monoisotopic (exact) mass is 450 g/mol. The van der Waals surface area contributed by atoms with Gasteiger partial charge in [0.15, 0.2) is 0 Å². The van der Waals surface area contributed by atoms with Crippen LogP contribution in [0.4, 0.5) is 0 Å². The molecule has 0 aliphatic carbocycles. The van der Waals surface area contributed by atoms with E-state index in [1.165, 1.54) is 32.6 Å². The molecule has 0 atom stereocenters. The normalized spacial score (nSPS) is 8.65. The molecule has 0 fully saturated rings. The summed E-state index contributed by atoms with van der Waals surface area (Å²) in [6.45, 7) is 16.6. The van der Waals surface area contributed by atoms with Gasteiger partial charge in [-0.05, 0) is 54.5 Å². The van der Waals surface area contributed by atoms with Crippen molar-refractivity contribution in [2.24, 2.45) is 0 Å². The molecule has 1 N–H and O–H groups in total. The SMILES string of the molecule is C.C.CC.CC(=O)CN(CO)CC(C)=O.CC(C)=O.CCCN(CC(C)=O)CC(C)=O. The Balaban J connectivity index is -0.0000000765. The second kappa shape index (κ2) is 30.4. The highest BCUT2D eigenvalue weighted by molar-refractivity contribution is 5.81. The third-order valence-corrected chi connectivity index (χ3v) is 2.52. The first-order valence-corrected chi connectivity index (χ1v) is 9.86. The predicted molar refractivity (Wildman–Crippen MR) is 129 cm³/mol. The Morgan fingerprint density at radius 3 is 1.00 bits per heavy atom. The highest BCUT2D eigenvalue weighted by atomic mass is 16.3. The summed E-state index contributed by atoms with van der Waals surface area (Å²) < 4.78 is 0. The molecule has 0 aromatic heterocycles. The quantitative estimate of drug-likeness (QED) is 0.478. The largest absolute Gasteiger partial charge is 0.381 e. The van der Waals surface area contributed by atoms with E-state index in [0.717, 1.165) is 13.0 Å². The second-order valence-corrected chi connectivity index (χ2v) is 6.56. The molecule has 0 aromatic rings. The van der Waals surface area contributed by atoms with Gasteiger partial charge in [-0.15, -0.1) is 0 Å². The number of aliphatic hydroxyl groups is 1. The lowest BCUT2D eigenvalue weighted by Crippen LogP contribution is -2.33. The lowest BCUT2D eigenvalue weighted by molar-refractivity contribution is -0.123. The molecule has 0 rings (SSSR count). The van der Waals surface area contributed by atoms with Crippen molar-refractivity contribution in [3.8, 4) is 0 Å². The highest BCUT2D eigenvalue weighted by Gasteiger charge is 2.08. The van der Waals surface area contributed by atoms with Crippen LogP contribution < -0.4 is 0 Å². The Hall–Kier alpha value is -1.77. The maximum Gasteiger partial charge on any atom is 0.143 e. The average molecular weight is 451 g/mol. The zero-order valence-electron chi connectivity index (χ0n) is 19.8. The molecule has 8 nitrogen and oxygen atoms in total. The number of hydrogen-bond donors (Lipinski definition) is 1.